The molecule has 0 aliphatic carbocycles. The molecule has 0 saturated carbocycles. The van der Waals surface area contributed by atoms with E-state index in [9.17, 15) is 5.11 Å². The van der Waals surface area contributed by atoms with Gasteiger partial charge in [-0.3, -0.25) is 4.90 Å². The smallest absolute Gasteiger partial charge is 0.0743 e. The lowest BCUT2D eigenvalue weighted by Gasteiger charge is -2.28. The van der Waals surface area contributed by atoms with E-state index >= 15 is 0 Å². The van der Waals surface area contributed by atoms with Crippen molar-refractivity contribution in [2.24, 2.45) is 0 Å². The van der Waals surface area contributed by atoms with Crippen LogP contribution in [0.15, 0.2) is 0 Å². The van der Waals surface area contributed by atoms with Gasteiger partial charge in [0.15, 0.2) is 0 Å². The molecule has 0 radical (unpaired) electrons. The topological polar surface area (TPSA) is 26.7 Å². The van der Waals surface area contributed by atoms with Crippen LogP contribution in [0.25, 0.3) is 0 Å². The average Bonchev–Trinajstić information content (AvgIpc) is 2.52. The van der Waals surface area contributed by atoms with E-state index in [1.165, 1.54) is 6.42 Å². The maximum absolute atomic E-state index is 9.95. The minimum atomic E-state index is -0.513. The molecule has 2 unspecified atom stereocenters. The Balaban J connectivity index is 2.36. The van der Waals surface area contributed by atoms with Crippen molar-refractivity contribution in [2.45, 2.75) is 38.3 Å². The number of rotatable bonds is 4. The molecule has 1 rings (SSSR count). The molecular formula is C11H24N2O. The van der Waals surface area contributed by atoms with Crippen LogP contribution in [0.1, 0.15) is 26.7 Å². The second kappa shape index (κ2) is 4.60. The summed E-state index contributed by atoms with van der Waals surface area (Å²) in [6, 6.07) is 0.669. The molecule has 1 saturated heterocycles. The van der Waals surface area contributed by atoms with E-state index in [2.05, 4.69) is 23.9 Å². The number of hydrogen-bond donors (Lipinski definition) is 1. The molecule has 0 aromatic heterocycles. The summed E-state index contributed by atoms with van der Waals surface area (Å²) in [6.07, 6.45) is 2.06. The highest BCUT2D eigenvalue weighted by Gasteiger charge is 2.28. The fourth-order valence-corrected chi connectivity index (χ4v) is 1.97. The van der Waals surface area contributed by atoms with Gasteiger partial charge >= 0.3 is 0 Å². The zero-order valence-corrected chi connectivity index (χ0v) is 9.95. The molecule has 14 heavy (non-hydrogen) atoms. The summed E-state index contributed by atoms with van der Waals surface area (Å²) >= 11 is 0. The molecule has 0 amide bonds. The largest absolute Gasteiger partial charge is 0.389 e. The first-order valence-electron chi connectivity index (χ1n) is 5.56. The van der Waals surface area contributed by atoms with Gasteiger partial charge in [0.2, 0.25) is 0 Å². The van der Waals surface area contributed by atoms with Crippen LogP contribution in [0.4, 0.5) is 0 Å². The first kappa shape index (κ1) is 12.0. The Morgan fingerprint density at radius 3 is 2.57 bits per heavy atom. The van der Waals surface area contributed by atoms with Gasteiger partial charge in [-0.05, 0) is 40.4 Å². The lowest BCUT2D eigenvalue weighted by atomic mass is 10.0. The molecule has 3 heteroatoms. The molecular weight excluding hydrogens is 176 g/mol. The Hall–Kier alpha value is -0.120. The molecule has 1 aliphatic rings. The zero-order valence-electron chi connectivity index (χ0n) is 9.95. The third-order valence-corrected chi connectivity index (χ3v) is 3.30. The second-order valence-electron chi connectivity index (χ2n) is 4.99. The van der Waals surface area contributed by atoms with E-state index in [0.717, 1.165) is 26.1 Å². The van der Waals surface area contributed by atoms with Crippen LogP contribution in [-0.2, 0) is 0 Å². The van der Waals surface area contributed by atoms with E-state index in [1.807, 2.05) is 13.8 Å². The molecule has 84 valence electrons. The summed E-state index contributed by atoms with van der Waals surface area (Å²) in [5.74, 6) is 0. The molecule has 0 aromatic carbocycles. The number of nitrogens with zero attached hydrogens (tertiary/aromatic N) is 2. The number of β-amino-alcohol motifs (C(OH)–C–C–N with tert-alkyl or cyclic N) is 1. The predicted molar refractivity (Wildman–Crippen MR) is 59.4 cm³/mol. The molecule has 2 atom stereocenters. The Labute approximate surface area is 87.7 Å². The van der Waals surface area contributed by atoms with Crippen molar-refractivity contribution in [1.82, 2.24) is 9.80 Å². The molecule has 1 aliphatic heterocycles. The Morgan fingerprint density at radius 2 is 2.14 bits per heavy atom. The van der Waals surface area contributed by atoms with Crippen LogP contribution < -0.4 is 0 Å². The standard InChI is InChI=1S/C11H24N2O/c1-5-11(2,14)9-13-7-6-10(8-13)12(3)4/h10,14H,5-9H2,1-4H3. The lowest BCUT2D eigenvalue weighted by molar-refractivity contribution is 0.0216. The molecule has 0 spiro atoms. The van der Waals surface area contributed by atoms with Crippen LogP contribution in [0.5, 0.6) is 0 Å². The van der Waals surface area contributed by atoms with Crippen molar-refractivity contribution in [1.29, 1.82) is 0 Å². The highest BCUT2D eigenvalue weighted by molar-refractivity contribution is 4.85. The molecule has 1 heterocycles. The normalized spacial score (nSPS) is 28.3. The summed E-state index contributed by atoms with van der Waals surface area (Å²) in [6.45, 7) is 7.01. The summed E-state index contributed by atoms with van der Waals surface area (Å²) in [5, 5.41) is 9.95. The van der Waals surface area contributed by atoms with Crippen LogP contribution in [0.2, 0.25) is 0 Å². The maximum atomic E-state index is 9.95. The first-order chi connectivity index (χ1) is 6.44. The predicted octanol–water partition coefficient (Wildman–Crippen LogP) is 0.783. The highest BCUT2D eigenvalue weighted by Crippen LogP contribution is 2.18. The molecule has 0 bridgehead atoms. The fourth-order valence-electron chi connectivity index (χ4n) is 1.97. The highest BCUT2D eigenvalue weighted by atomic mass is 16.3. The second-order valence-corrected chi connectivity index (χ2v) is 4.99. The fraction of sp³-hybridized carbons (Fsp3) is 1.00. The van der Waals surface area contributed by atoms with Crippen molar-refractivity contribution < 1.29 is 5.11 Å². The number of hydrogen-bond acceptors (Lipinski definition) is 3. The van der Waals surface area contributed by atoms with Gasteiger partial charge in [0.1, 0.15) is 0 Å². The molecule has 3 nitrogen and oxygen atoms in total. The molecule has 1 N–H and O–H groups in total. The van der Waals surface area contributed by atoms with Crippen molar-refractivity contribution in [3.63, 3.8) is 0 Å². The van der Waals surface area contributed by atoms with Gasteiger partial charge in [-0.1, -0.05) is 6.92 Å². The minimum absolute atomic E-state index is 0.513. The van der Waals surface area contributed by atoms with Gasteiger partial charge in [0.25, 0.3) is 0 Å². The lowest BCUT2D eigenvalue weighted by Crippen LogP contribution is -2.40. The zero-order chi connectivity index (χ0) is 10.8. The van der Waals surface area contributed by atoms with Crippen LogP contribution in [-0.4, -0.2) is 60.3 Å². The quantitative estimate of drug-likeness (QED) is 0.726. The Kier molecular flexibility index (Phi) is 3.93. The van der Waals surface area contributed by atoms with Gasteiger partial charge in [0, 0.05) is 19.1 Å². The average molecular weight is 200 g/mol. The van der Waals surface area contributed by atoms with E-state index in [-0.39, 0.29) is 0 Å². The van der Waals surface area contributed by atoms with Crippen LogP contribution in [0, 0.1) is 0 Å². The van der Waals surface area contributed by atoms with Crippen LogP contribution >= 0.6 is 0 Å². The summed E-state index contributed by atoms with van der Waals surface area (Å²) < 4.78 is 0. The van der Waals surface area contributed by atoms with E-state index in [0.29, 0.717) is 6.04 Å². The van der Waals surface area contributed by atoms with E-state index in [4.69, 9.17) is 0 Å². The molecule has 1 fully saturated rings. The van der Waals surface area contributed by atoms with Gasteiger partial charge < -0.3 is 10.0 Å². The third kappa shape index (κ3) is 3.23. The summed E-state index contributed by atoms with van der Waals surface area (Å²) in [4.78, 5) is 4.65. The SMILES string of the molecule is CCC(C)(O)CN1CCC(N(C)C)C1. The minimum Gasteiger partial charge on any atom is -0.389 e. The monoisotopic (exact) mass is 200 g/mol. The summed E-state index contributed by atoms with van der Waals surface area (Å²) in [5.41, 5.74) is -0.513. The van der Waals surface area contributed by atoms with Crippen molar-refractivity contribution >= 4 is 0 Å². The van der Waals surface area contributed by atoms with E-state index < -0.39 is 5.60 Å². The van der Waals surface area contributed by atoms with Gasteiger partial charge in [-0.2, -0.15) is 0 Å². The summed E-state index contributed by atoms with van der Waals surface area (Å²) in [7, 11) is 4.26. The number of likely N-dealkylation sites (N-methyl/N-ethyl adjacent to an activating group) is 1. The maximum Gasteiger partial charge on any atom is 0.0743 e. The van der Waals surface area contributed by atoms with Crippen LogP contribution in [0.3, 0.4) is 0 Å². The Morgan fingerprint density at radius 1 is 1.50 bits per heavy atom. The van der Waals surface area contributed by atoms with Crippen molar-refractivity contribution in [3.8, 4) is 0 Å². The van der Waals surface area contributed by atoms with Gasteiger partial charge in [-0.15, -0.1) is 0 Å². The van der Waals surface area contributed by atoms with Crippen molar-refractivity contribution in [2.75, 3.05) is 33.7 Å². The molecule has 0 aromatic rings. The van der Waals surface area contributed by atoms with Gasteiger partial charge in [-0.25, -0.2) is 0 Å². The Bertz CT molecular complexity index is 180. The number of aliphatic hydroxyl groups is 1. The van der Waals surface area contributed by atoms with E-state index in [1.54, 1.807) is 0 Å². The number of likely N-dealkylation sites (tertiary alicyclic amines) is 1. The van der Waals surface area contributed by atoms with Gasteiger partial charge in [0.05, 0.1) is 5.60 Å². The third-order valence-electron chi connectivity index (χ3n) is 3.30. The first-order valence-corrected chi connectivity index (χ1v) is 5.56. The van der Waals surface area contributed by atoms with Crippen molar-refractivity contribution in [3.05, 3.63) is 0 Å².